The van der Waals surface area contributed by atoms with Crippen LogP contribution in [0.2, 0.25) is 5.02 Å². The summed E-state index contributed by atoms with van der Waals surface area (Å²) in [6, 6.07) is 32.3. The lowest BCUT2D eigenvalue weighted by Crippen LogP contribution is -2.13. The van der Waals surface area contributed by atoms with Crippen molar-refractivity contribution in [3.8, 4) is 28.3 Å². The molecule has 36 heavy (non-hydrogen) atoms. The smallest absolute Gasteiger partial charge is 0.290 e. The van der Waals surface area contributed by atoms with Gasteiger partial charge in [0.1, 0.15) is 11.3 Å². The number of benzene rings is 4. The number of nitrogens with zero attached hydrogens (tertiary/aromatic N) is 1. The SMILES string of the molecule is CC(CCc1ccc(-c2ccc(Cl)cc2)cc1)Oc1ccccc1-c1nc2ccccc2o1.O=CO. The number of oxazole rings is 1. The first kappa shape index (κ1) is 25.0. The standard InChI is InChI=1S/C29H24ClNO2.CH2O2/c1-20(10-11-21-12-14-22(15-13-21)23-16-18-24(30)19-17-23)32-27-8-4-2-6-25(27)29-31-26-7-3-5-9-28(26)33-29;2-1-3/h2-9,12-20H,10-11H2,1H3;1H,(H,2,3). The minimum atomic E-state index is -0.250. The van der Waals surface area contributed by atoms with E-state index in [4.69, 9.17) is 30.7 Å². The van der Waals surface area contributed by atoms with Crippen molar-refractivity contribution in [2.24, 2.45) is 0 Å². The number of aromatic nitrogens is 1. The van der Waals surface area contributed by atoms with Crippen LogP contribution in [0.3, 0.4) is 0 Å². The fourth-order valence-corrected chi connectivity index (χ4v) is 4.01. The van der Waals surface area contributed by atoms with Crippen molar-refractivity contribution < 1.29 is 19.1 Å². The molecule has 1 heterocycles. The van der Waals surface area contributed by atoms with Crippen LogP contribution in [0.1, 0.15) is 18.9 Å². The molecule has 5 rings (SSSR count). The highest BCUT2D eigenvalue weighted by molar-refractivity contribution is 6.30. The predicted octanol–water partition coefficient (Wildman–Crippen LogP) is 7.92. The highest BCUT2D eigenvalue weighted by Gasteiger charge is 2.15. The summed E-state index contributed by atoms with van der Waals surface area (Å²) in [6.45, 7) is 1.85. The van der Waals surface area contributed by atoms with Crippen LogP contribution < -0.4 is 4.74 Å². The first-order valence-corrected chi connectivity index (χ1v) is 12.0. The van der Waals surface area contributed by atoms with E-state index in [0.717, 1.165) is 40.3 Å². The summed E-state index contributed by atoms with van der Waals surface area (Å²) in [6.07, 6.45) is 1.89. The Labute approximate surface area is 215 Å². The Kier molecular flexibility index (Phi) is 8.37. The molecular formula is C30H26ClNO4. The Bertz CT molecular complexity index is 1380. The van der Waals surface area contributed by atoms with Crippen LogP contribution in [0.5, 0.6) is 5.75 Å². The Balaban J connectivity index is 0.000000967. The van der Waals surface area contributed by atoms with Crippen LogP contribution >= 0.6 is 11.6 Å². The van der Waals surface area contributed by atoms with Gasteiger partial charge in [-0.25, -0.2) is 4.98 Å². The summed E-state index contributed by atoms with van der Waals surface area (Å²) in [7, 11) is 0. The lowest BCUT2D eigenvalue weighted by Gasteiger charge is -2.16. The number of rotatable bonds is 7. The molecule has 0 saturated carbocycles. The highest BCUT2D eigenvalue weighted by atomic mass is 35.5. The zero-order chi connectivity index (χ0) is 25.3. The third-order valence-corrected chi connectivity index (χ3v) is 5.96. The van der Waals surface area contributed by atoms with E-state index in [1.165, 1.54) is 16.7 Å². The minimum absolute atomic E-state index is 0.0477. The van der Waals surface area contributed by atoms with Gasteiger partial charge in [-0.2, -0.15) is 0 Å². The van der Waals surface area contributed by atoms with Crippen LogP contribution in [-0.4, -0.2) is 22.7 Å². The molecule has 5 aromatic rings. The molecule has 1 unspecified atom stereocenters. The normalized spacial score (nSPS) is 11.4. The third-order valence-electron chi connectivity index (χ3n) is 5.71. The van der Waals surface area contributed by atoms with Crippen molar-refractivity contribution in [2.75, 3.05) is 0 Å². The molecule has 0 amide bonds. The van der Waals surface area contributed by atoms with Gasteiger partial charge in [0.2, 0.25) is 5.89 Å². The molecule has 1 N–H and O–H groups in total. The number of aryl methyl sites for hydroxylation is 1. The van der Waals surface area contributed by atoms with E-state index in [0.29, 0.717) is 5.89 Å². The summed E-state index contributed by atoms with van der Waals surface area (Å²) in [5.41, 5.74) is 6.13. The number of hydrogen-bond acceptors (Lipinski definition) is 4. The van der Waals surface area contributed by atoms with E-state index in [1.54, 1.807) is 0 Å². The molecule has 0 bridgehead atoms. The summed E-state index contributed by atoms with van der Waals surface area (Å²) in [5, 5.41) is 7.64. The molecule has 0 saturated heterocycles. The highest BCUT2D eigenvalue weighted by Crippen LogP contribution is 2.32. The molecule has 0 fully saturated rings. The Morgan fingerprint density at radius 2 is 1.53 bits per heavy atom. The van der Waals surface area contributed by atoms with Gasteiger partial charge < -0.3 is 14.3 Å². The van der Waals surface area contributed by atoms with Crippen molar-refractivity contribution in [1.29, 1.82) is 0 Å². The van der Waals surface area contributed by atoms with E-state index < -0.39 is 0 Å². The monoisotopic (exact) mass is 499 g/mol. The van der Waals surface area contributed by atoms with E-state index >= 15 is 0 Å². The zero-order valence-electron chi connectivity index (χ0n) is 19.8. The van der Waals surface area contributed by atoms with Gasteiger partial charge in [-0.3, -0.25) is 4.79 Å². The van der Waals surface area contributed by atoms with Gasteiger partial charge in [-0.15, -0.1) is 0 Å². The van der Waals surface area contributed by atoms with Gasteiger partial charge in [0.05, 0.1) is 11.7 Å². The van der Waals surface area contributed by atoms with Crippen LogP contribution in [0.4, 0.5) is 0 Å². The molecule has 4 aromatic carbocycles. The Morgan fingerprint density at radius 1 is 0.917 bits per heavy atom. The van der Waals surface area contributed by atoms with E-state index in [9.17, 15) is 0 Å². The second kappa shape index (κ2) is 12.0. The van der Waals surface area contributed by atoms with Gasteiger partial charge in [-0.05, 0) is 72.9 Å². The summed E-state index contributed by atoms with van der Waals surface area (Å²) in [5.74, 6) is 1.37. The minimum Gasteiger partial charge on any atom is -0.490 e. The number of para-hydroxylation sites is 3. The topological polar surface area (TPSA) is 72.6 Å². The van der Waals surface area contributed by atoms with Crippen LogP contribution in [0.15, 0.2) is 101 Å². The van der Waals surface area contributed by atoms with Crippen LogP contribution in [0.25, 0.3) is 33.7 Å². The zero-order valence-corrected chi connectivity index (χ0v) is 20.6. The van der Waals surface area contributed by atoms with Gasteiger partial charge in [0.25, 0.3) is 6.47 Å². The molecule has 1 aromatic heterocycles. The quantitative estimate of drug-likeness (QED) is 0.230. The fraction of sp³-hybridized carbons (Fsp3) is 0.133. The van der Waals surface area contributed by atoms with Crippen molar-refractivity contribution in [2.45, 2.75) is 25.9 Å². The van der Waals surface area contributed by atoms with Crippen molar-refractivity contribution in [3.63, 3.8) is 0 Å². The molecule has 1 atom stereocenters. The maximum absolute atomic E-state index is 8.36. The summed E-state index contributed by atoms with van der Waals surface area (Å²) in [4.78, 5) is 13.0. The maximum Gasteiger partial charge on any atom is 0.290 e. The third kappa shape index (κ3) is 6.32. The molecule has 6 heteroatoms. The molecule has 0 radical (unpaired) electrons. The number of carbonyl (C=O) groups is 1. The van der Waals surface area contributed by atoms with Crippen LogP contribution in [0, 0.1) is 0 Å². The van der Waals surface area contributed by atoms with E-state index in [2.05, 4.69) is 36.2 Å². The lowest BCUT2D eigenvalue weighted by molar-refractivity contribution is -0.122. The van der Waals surface area contributed by atoms with E-state index in [1.807, 2.05) is 72.8 Å². The largest absolute Gasteiger partial charge is 0.490 e. The number of halogens is 1. The summed E-state index contributed by atoms with van der Waals surface area (Å²) >= 11 is 6.00. The van der Waals surface area contributed by atoms with Gasteiger partial charge >= 0.3 is 0 Å². The van der Waals surface area contributed by atoms with E-state index in [-0.39, 0.29) is 12.6 Å². The second-order valence-corrected chi connectivity index (χ2v) is 8.70. The number of fused-ring (bicyclic) bond motifs is 1. The first-order valence-electron chi connectivity index (χ1n) is 11.6. The second-order valence-electron chi connectivity index (χ2n) is 8.26. The van der Waals surface area contributed by atoms with Gasteiger partial charge in [-0.1, -0.05) is 72.3 Å². The maximum atomic E-state index is 8.36. The van der Waals surface area contributed by atoms with Gasteiger partial charge in [0, 0.05) is 5.02 Å². The molecule has 0 aliphatic carbocycles. The van der Waals surface area contributed by atoms with Crippen LogP contribution in [-0.2, 0) is 11.2 Å². The molecule has 0 aliphatic heterocycles. The fourth-order valence-electron chi connectivity index (χ4n) is 3.89. The number of carboxylic acid groups (broad SMARTS) is 1. The number of ether oxygens (including phenoxy) is 1. The van der Waals surface area contributed by atoms with Crippen molar-refractivity contribution >= 4 is 29.2 Å². The average Bonchev–Trinajstić information content (AvgIpc) is 3.33. The van der Waals surface area contributed by atoms with Crippen molar-refractivity contribution in [3.05, 3.63) is 108 Å². The predicted molar refractivity (Wildman–Crippen MR) is 143 cm³/mol. The van der Waals surface area contributed by atoms with Crippen molar-refractivity contribution in [1.82, 2.24) is 4.98 Å². The molecule has 0 aliphatic rings. The average molecular weight is 500 g/mol. The Hall–Kier alpha value is -4.09. The number of hydrogen-bond donors (Lipinski definition) is 1. The van der Waals surface area contributed by atoms with Gasteiger partial charge in [0.15, 0.2) is 5.58 Å². The molecular weight excluding hydrogens is 474 g/mol. The molecule has 5 nitrogen and oxygen atoms in total. The molecule has 0 spiro atoms. The Morgan fingerprint density at radius 3 is 2.22 bits per heavy atom. The first-order chi connectivity index (χ1) is 17.6. The summed E-state index contributed by atoms with van der Waals surface area (Å²) < 4.78 is 12.3. The molecule has 182 valence electrons. The lowest BCUT2D eigenvalue weighted by atomic mass is 10.0.